The van der Waals surface area contributed by atoms with Crippen LogP contribution in [0.4, 0.5) is 5.69 Å². The quantitative estimate of drug-likeness (QED) is 0.742. The minimum Gasteiger partial charge on any atom is -0.395 e. The fourth-order valence-corrected chi connectivity index (χ4v) is 3.29. The van der Waals surface area contributed by atoms with Gasteiger partial charge in [0.1, 0.15) is 0 Å². The average Bonchev–Trinajstić information content (AvgIpc) is 2.73. The van der Waals surface area contributed by atoms with Crippen LogP contribution < -0.4 is 10.2 Å². The molecule has 5 nitrogen and oxygen atoms in total. The summed E-state index contributed by atoms with van der Waals surface area (Å²) >= 11 is 11.8. The van der Waals surface area contributed by atoms with Gasteiger partial charge in [-0.2, -0.15) is 0 Å². The second kappa shape index (κ2) is 11.6. The van der Waals surface area contributed by atoms with Crippen LogP contribution in [0.5, 0.6) is 0 Å². The average molecular weight is 418 g/mol. The third-order valence-electron chi connectivity index (χ3n) is 4.36. The van der Waals surface area contributed by atoms with Crippen LogP contribution in [0.3, 0.4) is 0 Å². The minimum absolute atomic E-state index is 0.0919. The molecule has 8 heteroatoms. The van der Waals surface area contributed by atoms with Gasteiger partial charge in [0.05, 0.1) is 17.3 Å². The lowest BCUT2D eigenvalue weighted by Gasteiger charge is -2.30. The molecule has 146 valence electrons. The third-order valence-corrected chi connectivity index (χ3v) is 4.91. The molecule has 1 aliphatic rings. The van der Waals surface area contributed by atoms with Gasteiger partial charge in [-0.05, 0) is 43.0 Å². The van der Waals surface area contributed by atoms with E-state index in [9.17, 15) is 4.79 Å². The summed E-state index contributed by atoms with van der Waals surface area (Å²) in [6, 6.07) is 14.6. The lowest BCUT2D eigenvalue weighted by Crippen LogP contribution is -2.36. The third kappa shape index (κ3) is 6.76. The Hall–Kier alpha value is -2.20. The van der Waals surface area contributed by atoms with Gasteiger partial charge in [0.2, 0.25) is 0 Å². The normalized spacial score (nSPS) is 13.2. The number of rotatable bonds is 4. The van der Waals surface area contributed by atoms with Gasteiger partial charge in [0, 0.05) is 36.2 Å². The van der Waals surface area contributed by atoms with Crippen LogP contribution in [-0.4, -0.2) is 44.0 Å². The lowest BCUT2D eigenvalue weighted by atomic mass is 9.45. The lowest BCUT2D eigenvalue weighted by molar-refractivity contribution is 0.0945. The smallest absolute Gasteiger partial charge is 0.271 e. The van der Waals surface area contributed by atoms with Gasteiger partial charge in [0.25, 0.3) is 12.6 Å². The van der Waals surface area contributed by atoms with E-state index in [4.69, 9.17) is 33.6 Å². The Morgan fingerprint density at radius 3 is 2.36 bits per heavy atom. The zero-order chi connectivity index (χ0) is 20.4. The summed E-state index contributed by atoms with van der Waals surface area (Å²) in [6.45, 7) is 1.86. The SMILES string of the molecule is Clc1ccccc1.N#CB1CCN(c2ccc(C(=O)NCCO)cc2Cl)CC1. The van der Waals surface area contributed by atoms with E-state index in [0.717, 1.165) is 36.4 Å². The molecule has 0 spiro atoms. The summed E-state index contributed by atoms with van der Waals surface area (Å²) in [5.41, 5.74) is 1.37. The Labute approximate surface area is 175 Å². The molecule has 2 N–H and O–H groups in total. The monoisotopic (exact) mass is 417 g/mol. The molecule has 1 heterocycles. The Bertz CT molecular complexity index is 807. The number of hydrogen-bond acceptors (Lipinski definition) is 4. The highest BCUT2D eigenvalue weighted by Crippen LogP contribution is 2.29. The molecule has 2 aromatic rings. The largest absolute Gasteiger partial charge is 0.395 e. The minimum atomic E-state index is -0.249. The van der Waals surface area contributed by atoms with Gasteiger partial charge in [-0.3, -0.25) is 4.79 Å². The van der Waals surface area contributed by atoms with E-state index < -0.39 is 0 Å². The molecule has 0 unspecified atom stereocenters. The topological polar surface area (TPSA) is 76.4 Å². The van der Waals surface area contributed by atoms with Crippen molar-refractivity contribution in [1.82, 2.24) is 5.32 Å². The summed E-state index contributed by atoms with van der Waals surface area (Å²) in [5.74, 6) is 2.05. The number of aliphatic hydroxyl groups excluding tert-OH is 1. The van der Waals surface area contributed by atoms with Crippen LogP contribution in [0, 0.1) is 11.2 Å². The first kappa shape index (κ1) is 22.1. The van der Waals surface area contributed by atoms with Crippen LogP contribution in [0.15, 0.2) is 48.5 Å². The molecular formula is C20H22BCl2N3O2. The maximum atomic E-state index is 11.8. The molecule has 0 bridgehead atoms. The number of nitrogens with zero attached hydrogens (tertiary/aromatic N) is 2. The number of anilines is 1. The van der Waals surface area contributed by atoms with Crippen LogP contribution in [0.2, 0.25) is 22.7 Å². The maximum absolute atomic E-state index is 11.8. The molecule has 2 aromatic carbocycles. The molecule has 0 saturated carbocycles. The first-order valence-corrected chi connectivity index (χ1v) is 9.84. The summed E-state index contributed by atoms with van der Waals surface area (Å²) in [4.78, 5) is 13.9. The highest BCUT2D eigenvalue weighted by Gasteiger charge is 2.24. The predicted molar refractivity (Wildman–Crippen MR) is 116 cm³/mol. The van der Waals surface area contributed by atoms with Crippen molar-refractivity contribution in [2.75, 3.05) is 31.1 Å². The van der Waals surface area contributed by atoms with Crippen LogP contribution in [0.1, 0.15) is 10.4 Å². The standard InChI is InChI=1S/C14H17BClN3O2.C6H5Cl/c16-12-9-11(14(21)18-5-8-20)1-2-13(12)19-6-3-15(10-17)4-7-19;7-6-4-2-1-3-5-6/h1-2,9,20H,3-8H2,(H,18,21);1-5H. The second-order valence-corrected chi connectivity index (χ2v) is 7.18. The van der Waals surface area contributed by atoms with Crippen molar-refractivity contribution in [3.8, 4) is 5.97 Å². The second-order valence-electron chi connectivity index (χ2n) is 6.33. The van der Waals surface area contributed by atoms with Gasteiger partial charge >= 0.3 is 0 Å². The number of carbonyl (C=O) groups excluding carboxylic acids is 1. The Morgan fingerprint density at radius 1 is 1.18 bits per heavy atom. The molecule has 3 rings (SSSR count). The fourth-order valence-electron chi connectivity index (χ4n) is 2.84. The number of benzene rings is 2. The highest BCUT2D eigenvalue weighted by molar-refractivity contribution is 6.67. The van der Waals surface area contributed by atoms with E-state index in [1.54, 1.807) is 12.1 Å². The first-order valence-electron chi connectivity index (χ1n) is 9.09. The fraction of sp³-hybridized carbons (Fsp3) is 0.300. The van der Waals surface area contributed by atoms with Crippen LogP contribution in [-0.2, 0) is 0 Å². The van der Waals surface area contributed by atoms with Crippen molar-refractivity contribution in [2.45, 2.75) is 12.6 Å². The van der Waals surface area contributed by atoms with Crippen molar-refractivity contribution in [3.05, 3.63) is 64.1 Å². The molecule has 1 aliphatic heterocycles. The van der Waals surface area contributed by atoms with E-state index >= 15 is 0 Å². The van der Waals surface area contributed by atoms with E-state index in [2.05, 4.69) is 16.2 Å². The summed E-state index contributed by atoms with van der Waals surface area (Å²) in [6.07, 6.45) is 1.68. The van der Waals surface area contributed by atoms with Crippen molar-refractivity contribution in [1.29, 1.82) is 5.26 Å². The van der Waals surface area contributed by atoms with E-state index in [1.165, 1.54) is 0 Å². The molecular weight excluding hydrogens is 396 g/mol. The molecule has 0 atom stereocenters. The summed E-state index contributed by atoms with van der Waals surface area (Å²) in [7, 11) is 0. The van der Waals surface area contributed by atoms with Crippen molar-refractivity contribution in [2.24, 2.45) is 0 Å². The van der Waals surface area contributed by atoms with E-state index in [0.29, 0.717) is 10.6 Å². The van der Waals surface area contributed by atoms with Crippen molar-refractivity contribution in [3.63, 3.8) is 0 Å². The number of carbonyl (C=O) groups is 1. The van der Waals surface area contributed by atoms with Gasteiger partial charge in [0.15, 0.2) is 0 Å². The molecule has 28 heavy (non-hydrogen) atoms. The van der Waals surface area contributed by atoms with E-state index in [-0.39, 0.29) is 25.8 Å². The molecule has 0 aromatic heterocycles. The Morgan fingerprint density at radius 2 is 1.86 bits per heavy atom. The van der Waals surface area contributed by atoms with Gasteiger partial charge in [-0.15, -0.1) is 0 Å². The molecule has 0 aliphatic carbocycles. The number of nitriles is 1. The number of hydrogen-bond donors (Lipinski definition) is 2. The van der Waals surface area contributed by atoms with E-state index in [1.807, 2.05) is 36.4 Å². The zero-order valence-electron chi connectivity index (χ0n) is 15.4. The molecule has 1 amide bonds. The number of nitrogens with one attached hydrogen (secondary N) is 1. The Balaban J connectivity index is 0.000000336. The first-order chi connectivity index (χ1) is 13.5. The molecule has 1 saturated heterocycles. The highest BCUT2D eigenvalue weighted by atomic mass is 35.5. The maximum Gasteiger partial charge on any atom is 0.271 e. The number of amides is 1. The van der Waals surface area contributed by atoms with Crippen LogP contribution in [0.25, 0.3) is 0 Å². The van der Waals surface area contributed by atoms with Crippen molar-refractivity contribution >= 4 is 41.5 Å². The van der Waals surface area contributed by atoms with Gasteiger partial charge in [-0.1, -0.05) is 41.4 Å². The predicted octanol–water partition coefficient (Wildman–Crippen LogP) is 3.78. The zero-order valence-corrected chi connectivity index (χ0v) is 17.0. The molecule has 1 fully saturated rings. The summed E-state index contributed by atoms with van der Waals surface area (Å²) in [5, 5.41) is 21.5. The number of halogens is 2. The summed E-state index contributed by atoms with van der Waals surface area (Å²) < 4.78 is 0. The Kier molecular flexibility index (Phi) is 9.16. The van der Waals surface area contributed by atoms with Crippen molar-refractivity contribution < 1.29 is 9.90 Å². The van der Waals surface area contributed by atoms with Gasteiger partial charge < -0.3 is 15.3 Å². The van der Waals surface area contributed by atoms with Gasteiger partial charge in [-0.25, -0.2) is 5.26 Å². The number of aliphatic hydroxyl groups is 1. The van der Waals surface area contributed by atoms with Crippen LogP contribution >= 0.6 is 23.2 Å². The molecule has 0 radical (unpaired) electrons.